The van der Waals surface area contributed by atoms with Crippen LogP contribution in [-0.2, 0) is 19.4 Å². The van der Waals surface area contributed by atoms with Crippen LogP contribution in [0.3, 0.4) is 0 Å². The highest BCUT2D eigenvalue weighted by Crippen LogP contribution is 2.15. The van der Waals surface area contributed by atoms with Gasteiger partial charge in [-0.25, -0.2) is 9.67 Å². The van der Waals surface area contributed by atoms with Gasteiger partial charge < -0.3 is 10.6 Å². The van der Waals surface area contributed by atoms with Crippen molar-refractivity contribution in [2.24, 2.45) is 4.99 Å². The van der Waals surface area contributed by atoms with Crippen LogP contribution in [0.4, 0.5) is 0 Å². The zero-order valence-electron chi connectivity index (χ0n) is 15.8. The van der Waals surface area contributed by atoms with Crippen molar-refractivity contribution in [2.45, 2.75) is 44.8 Å². The molecule has 2 atom stereocenters. The first kappa shape index (κ1) is 19.8. The molecule has 1 aromatic rings. The lowest BCUT2D eigenvalue weighted by Crippen LogP contribution is -2.64. The standard InChI is InChI=1S/C17H30N8.HI/c1-3-15-21-16-5-4-13(11-25(16)22-15)20-17(18-2)19-10-14-12-23-6-8-24(14)9-7-23;/h13-14H,3-12H2,1-2H3,(H2,18,19,20);1H. The predicted molar refractivity (Wildman–Crippen MR) is 113 cm³/mol. The highest BCUT2D eigenvalue weighted by atomic mass is 127. The Kier molecular flexibility index (Phi) is 6.73. The average molecular weight is 474 g/mol. The SMILES string of the molecule is CCc1nc2n(n1)CC(NC(=NC)NCC1CN3CCN1CC3)CC2.I. The van der Waals surface area contributed by atoms with Crippen LogP contribution in [0.5, 0.6) is 0 Å². The first-order chi connectivity index (χ1) is 12.2. The third kappa shape index (κ3) is 4.30. The summed E-state index contributed by atoms with van der Waals surface area (Å²) < 4.78 is 2.06. The third-order valence-electron chi connectivity index (χ3n) is 5.68. The summed E-state index contributed by atoms with van der Waals surface area (Å²) in [5.41, 5.74) is 0. The minimum atomic E-state index is 0. The molecule has 146 valence electrons. The number of guanidine groups is 1. The average Bonchev–Trinajstić information content (AvgIpc) is 3.08. The van der Waals surface area contributed by atoms with Gasteiger partial charge >= 0.3 is 0 Å². The van der Waals surface area contributed by atoms with Crippen molar-refractivity contribution in [2.75, 3.05) is 46.3 Å². The van der Waals surface area contributed by atoms with Gasteiger partial charge in [0.05, 0.1) is 6.54 Å². The second-order valence-corrected chi connectivity index (χ2v) is 7.30. The number of nitrogens with zero attached hydrogens (tertiary/aromatic N) is 6. The molecule has 2 bridgehead atoms. The smallest absolute Gasteiger partial charge is 0.191 e. The molecule has 0 amide bonds. The largest absolute Gasteiger partial charge is 0.355 e. The summed E-state index contributed by atoms with van der Waals surface area (Å²) in [5, 5.41) is 11.7. The quantitative estimate of drug-likeness (QED) is 0.362. The lowest BCUT2D eigenvalue weighted by atomic mass is 10.1. The Hall–Kier alpha value is -0.940. The van der Waals surface area contributed by atoms with Crippen LogP contribution in [0.25, 0.3) is 0 Å². The van der Waals surface area contributed by atoms with E-state index < -0.39 is 0 Å². The number of aliphatic imine (C=N–C) groups is 1. The third-order valence-corrected chi connectivity index (χ3v) is 5.68. The van der Waals surface area contributed by atoms with Crippen LogP contribution in [0.1, 0.15) is 25.0 Å². The van der Waals surface area contributed by atoms with Crippen molar-refractivity contribution < 1.29 is 0 Å². The van der Waals surface area contributed by atoms with Crippen molar-refractivity contribution in [3.63, 3.8) is 0 Å². The second kappa shape index (κ2) is 8.83. The molecule has 0 saturated carbocycles. The Morgan fingerprint density at radius 2 is 2.04 bits per heavy atom. The predicted octanol–water partition coefficient (Wildman–Crippen LogP) is -0.0619. The summed E-state index contributed by atoms with van der Waals surface area (Å²) >= 11 is 0. The fourth-order valence-corrected chi connectivity index (χ4v) is 4.15. The molecule has 3 fully saturated rings. The molecule has 5 rings (SSSR count). The number of fused-ring (bicyclic) bond motifs is 4. The fraction of sp³-hybridized carbons (Fsp3) is 0.824. The van der Waals surface area contributed by atoms with Gasteiger partial charge in [0.15, 0.2) is 11.8 Å². The van der Waals surface area contributed by atoms with Gasteiger partial charge in [0.2, 0.25) is 0 Å². The minimum absolute atomic E-state index is 0. The van der Waals surface area contributed by atoms with E-state index in [1.54, 1.807) is 0 Å². The van der Waals surface area contributed by atoms with Crippen LogP contribution < -0.4 is 10.6 Å². The summed E-state index contributed by atoms with van der Waals surface area (Å²) in [6, 6.07) is 0.957. The summed E-state index contributed by atoms with van der Waals surface area (Å²) in [5.74, 6) is 2.98. The van der Waals surface area contributed by atoms with Gasteiger partial charge in [0.1, 0.15) is 5.82 Å². The van der Waals surface area contributed by atoms with Gasteiger partial charge in [-0.05, 0) is 6.42 Å². The van der Waals surface area contributed by atoms with Gasteiger partial charge in [-0.3, -0.25) is 14.8 Å². The van der Waals surface area contributed by atoms with Crippen molar-refractivity contribution >= 4 is 29.9 Å². The van der Waals surface area contributed by atoms with E-state index in [0.717, 1.165) is 50.0 Å². The van der Waals surface area contributed by atoms with E-state index in [-0.39, 0.29) is 24.0 Å². The molecule has 0 aliphatic carbocycles. The summed E-state index contributed by atoms with van der Waals surface area (Å²) in [6.45, 7) is 9.97. The molecule has 2 N–H and O–H groups in total. The zero-order chi connectivity index (χ0) is 17.2. The van der Waals surface area contributed by atoms with Crippen LogP contribution in [0, 0.1) is 0 Å². The van der Waals surface area contributed by atoms with E-state index in [9.17, 15) is 0 Å². The number of nitrogens with one attached hydrogen (secondary N) is 2. The number of aryl methyl sites for hydroxylation is 2. The van der Waals surface area contributed by atoms with Crippen LogP contribution >= 0.6 is 24.0 Å². The molecular formula is C17H31IN8. The first-order valence-electron chi connectivity index (χ1n) is 9.61. The highest BCUT2D eigenvalue weighted by molar-refractivity contribution is 14.0. The first-order valence-corrected chi connectivity index (χ1v) is 9.61. The highest BCUT2D eigenvalue weighted by Gasteiger charge is 2.31. The monoisotopic (exact) mass is 474 g/mol. The molecular weight excluding hydrogens is 443 g/mol. The normalized spacial score (nSPS) is 30.5. The maximum absolute atomic E-state index is 4.59. The van der Waals surface area contributed by atoms with Crippen molar-refractivity contribution in [3.8, 4) is 0 Å². The lowest BCUT2D eigenvalue weighted by Gasteiger charge is -2.47. The Balaban J connectivity index is 0.00000196. The number of rotatable bonds is 4. The molecule has 4 aliphatic rings. The fourth-order valence-electron chi connectivity index (χ4n) is 4.15. The van der Waals surface area contributed by atoms with E-state index in [2.05, 4.69) is 47.1 Å². The molecule has 0 aromatic carbocycles. The van der Waals surface area contributed by atoms with E-state index in [4.69, 9.17) is 0 Å². The second-order valence-electron chi connectivity index (χ2n) is 7.30. The maximum Gasteiger partial charge on any atom is 0.191 e. The van der Waals surface area contributed by atoms with Crippen LogP contribution in [0.2, 0.25) is 0 Å². The summed E-state index contributed by atoms with van der Waals surface area (Å²) in [7, 11) is 1.85. The minimum Gasteiger partial charge on any atom is -0.355 e. The molecule has 8 nitrogen and oxygen atoms in total. The van der Waals surface area contributed by atoms with E-state index >= 15 is 0 Å². The van der Waals surface area contributed by atoms with Crippen LogP contribution in [0.15, 0.2) is 4.99 Å². The molecule has 5 heterocycles. The Morgan fingerprint density at radius 3 is 2.69 bits per heavy atom. The van der Waals surface area contributed by atoms with Crippen LogP contribution in [-0.4, -0.2) is 88.9 Å². The molecule has 4 aliphatic heterocycles. The number of hydrogen-bond acceptors (Lipinski definition) is 5. The number of piperazine rings is 3. The molecule has 1 aromatic heterocycles. The molecule has 26 heavy (non-hydrogen) atoms. The number of hydrogen-bond donors (Lipinski definition) is 2. The Bertz CT molecular complexity index is 622. The number of aromatic nitrogens is 3. The van der Waals surface area contributed by atoms with Crippen molar-refractivity contribution in [1.82, 2.24) is 35.2 Å². The van der Waals surface area contributed by atoms with Crippen molar-refractivity contribution in [3.05, 3.63) is 11.6 Å². The summed E-state index contributed by atoms with van der Waals surface area (Å²) in [4.78, 5) is 14.2. The number of halogens is 1. The molecule has 9 heteroatoms. The lowest BCUT2D eigenvalue weighted by molar-refractivity contribution is 0.0154. The van der Waals surface area contributed by atoms with Gasteiger partial charge in [0, 0.05) is 71.2 Å². The van der Waals surface area contributed by atoms with Gasteiger partial charge in [-0.2, -0.15) is 5.10 Å². The maximum atomic E-state index is 4.59. The Morgan fingerprint density at radius 1 is 1.23 bits per heavy atom. The van der Waals surface area contributed by atoms with E-state index in [1.807, 2.05) is 7.05 Å². The molecule has 2 unspecified atom stereocenters. The van der Waals surface area contributed by atoms with Crippen molar-refractivity contribution in [1.29, 1.82) is 0 Å². The van der Waals surface area contributed by atoms with E-state index in [0.29, 0.717) is 12.1 Å². The molecule has 0 radical (unpaired) electrons. The van der Waals surface area contributed by atoms with Gasteiger partial charge in [0.25, 0.3) is 0 Å². The molecule has 0 spiro atoms. The van der Waals surface area contributed by atoms with E-state index in [1.165, 1.54) is 32.7 Å². The topological polar surface area (TPSA) is 73.6 Å². The summed E-state index contributed by atoms with van der Waals surface area (Å²) in [6.07, 6.45) is 2.95. The van der Waals surface area contributed by atoms with Gasteiger partial charge in [-0.15, -0.1) is 24.0 Å². The van der Waals surface area contributed by atoms with Gasteiger partial charge in [-0.1, -0.05) is 6.92 Å². The Labute approximate surface area is 172 Å². The zero-order valence-corrected chi connectivity index (χ0v) is 18.1. The molecule has 3 saturated heterocycles.